The average Bonchev–Trinajstić information content (AvgIpc) is 1.59. The van der Waals surface area contributed by atoms with E-state index in [1.165, 1.54) is 55.3 Å². The van der Waals surface area contributed by atoms with Crippen LogP contribution in [0.2, 0.25) is 0 Å². The van der Waals surface area contributed by atoms with Crippen molar-refractivity contribution in [3.63, 3.8) is 0 Å². The van der Waals surface area contributed by atoms with E-state index in [0.29, 0.717) is 11.6 Å². The van der Waals surface area contributed by atoms with Gasteiger partial charge in [0, 0.05) is 51.8 Å². The molecule has 0 spiro atoms. The Morgan fingerprint density at radius 2 is 0.520 bits per heavy atom. The molecule has 0 aliphatic heterocycles. The van der Waals surface area contributed by atoms with E-state index in [1.54, 1.807) is 0 Å². The number of hydrogen-bond acceptors (Lipinski definition) is 5. The summed E-state index contributed by atoms with van der Waals surface area (Å²) in [5.74, 6) is 2.16. The fourth-order valence-corrected chi connectivity index (χ4v) is 9.74. The number of aryl methyl sites for hydroxylation is 1. The normalized spacial score (nSPS) is 9.77. The second-order valence-corrected chi connectivity index (χ2v) is 19.7. The molecule has 5 heteroatoms. The van der Waals surface area contributed by atoms with E-state index < -0.39 is 0 Å². The van der Waals surface area contributed by atoms with E-state index in [0.717, 1.165) is 39.3 Å². The third kappa shape index (κ3) is 27.5. The number of hydrogen-bond donors (Lipinski definition) is 0. The Bertz CT molecular complexity index is 3620. The molecule has 0 N–H and O–H groups in total. The molecule has 0 amide bonds. The smallest absolute Gasteiger partial charge is 0.163 e. The SMILES string of the molecule is CC.CC.CC.CC.CC.CC.CC.CC.CC.CC1(C)c2ccccc2-c2ccccc21.Cc1nc(-c2ccccc2)nc(-c2ccccc2)n1.c1ccc(-c2ccnc(-c3ccccc3)c2)cc1.c1ccc(-c2cncc(-c3ccccc3)c2)cc1.c1ccc2ccccc2c1. The molecular weight excluding hydrogens is 1190 g/mol. The molecule has 10 aromatic carbocycles. The highest BCUT2D eigenvalue weighted by molar-refractivity contribution is 5.82. The molecule has 14 rings (SSSR count). The molecule has 3 aromatic heterocycles. The van der Waals surface area contributed by atoms with Crippen molar-refractivity contribution in [2.24, 2.45) is 0 Å². The minimum absolute atomic E-state index is 0.160. The van der Waals surface area contributed by atoms with Crippen LogP contribution in [-0.4, -0.2) is 24.9 Å². The number of fused-ring (bicyclic) bond motifs is 4. The zero-order chi connectivity index (χ0) is 72.8. The van der Waals surface area contributed by atoms with Crippen LogP contribution >= 0.6 is 0 Å². The summed E-state index contributed by atoms with van der Waals surface area (Å²) in [5, 5.41) is 2.62. The van der Waals surface area contributed by atoms with E-state index in [-0.39, 0.29) is 5.41 Å². The monoisotopic (exact) mass is 1300 g/mol. The maximum atomic E-state index is 4.55. The molecule has 0 bridgehead atoms. The van der Waals surface area contributed by atoms with E-state index >= 15 is 0 Å². The van der Waals surface area contributed by atoms with Crippen LogP contribution in [0.3, 0.4) is 0 Å². The first-order valence-corrected chi connectivity index (χ1v) is 36.0. The minimum atomic E-state index is 0.160. The molecule has 3 heterocycles. The van der Waals surface area contributed by atoms with Gasteiger partial charge in [-0.3, -0.25) is 9.97 Å². The highest BCUT2D eigenvalue weighted by Crippen LogP contribution is 2.48. The fraction of sp³-hybridized carbons (Fsp3) is 0.237. The topological polar surface area (TPSA) is 64.5 Å². The molecule has 1 aliphatic rings. The van der Waals surface area contributed by atoms with Crippen LogP contribution in [0.15, 0.2) is 316 Å². The molecule has 0 saturated carbocycles. The lowest BCUT2D eigenvalue weighted by Crippen LogP contribution is -2.14. The van der Waals surface area contributed by atoms with Crippen LogP contribution in [0.25, 0.3) is 89.3 Å². The zero-order valence-electron chi connectivity index (χ0n) is 63.3. The first kappa shape index (κ1) is 85.8. The predicted octanol–water partition coefficient (Wildman–Crippen LogP) is 28.4. The van der Waals surface area contributed by atoms with Crippen LogP contribution in [0.5, 0.6) is 0 Å². The highest BCUT2D eigenvalue weighted by Gasteiger charge is 2.34. The molecule has 0 saturated heterocycles. The molecule has 98 heavy (non-hydrogen) atoms. The average molecular weight is 1300 g/mol. The molecule has 512 valence electrons. The van der Waals surface area contributed by atoms with Gasteiger partial charge in [-0.15, -0.1) is 0 Å². The van der Waals surface area contributed by atoms with Gasteiger partial charge in [0.1, 0.15) is 5.82 Å². The third-order valence-electron chi connectivity index (χ3n) is 13.8. The summed E-state index contributed by atoms with van der Waals surface area (Å²) in [7, 11) is 0. The van der Waals surface area contributed by atoms with Crippen LogP contribution in [0, 0.1) is 6.92 Å². The maximum absolute atomic E-state index is 4.55. The summed E-state index contributed by atoms with van der Waals surface area (Å²) in [6, 6.07) is 102. The first-order chi connectivity index (χ1) is 48.4. The zero-order valence-corrected chi connectivity index (χ0v) is 63.3. The Morgan fingerprint density at radius 1 is 0.245 bits per heavy atom. The van der Waals surface area contributed by atoms with Gasteiger partial charge >= 0.3 is 0 Å². The van der Waals surface area contributed by atoms with Gasteiger partial charge in [-0.25, -0.2) is 15.0 Å². The molecular formula is C93H115N5. The van der Waals surface area contributed by atoms with Crippen LogP contribution in [0.4, 0.5) is 0 Å². The van der Waals surface area contributed by atoms with Gasteiger partial charge in [-0.05, 0) is 80.4 Å². The van der Waals surface area contributed by atoms with Crippen molar-refractivity contribution in [2.75, 3.05) is 0 Å². The first-order valence-electron chi connectivity index (χ1n) is 36.0. The molecule has 1 aliphatic carbocycles. The fourth-order valence-electron chi connectivity index (χ4n) is 9.74. The number of rotatable bonds is 6. The molecule has 0 atom stereocenters. The van der Waals surface area contributed by atoms with E-state index in [9.17, 15) is 0 Å². The molecule has 13 aromatic rings. The Balaban J connectivity index is 0.000000583. The Kier molecular flexibility index (Phi) is 46.4. The van der Waals surface area contributed by atoms with Gasteiger partial charge in [0.05, 0.1) is 5.69 Å². The summed E-state index contributed by atoms with van der Waals surface area (Å²) in [4.78, 5) is 22.1. The third-order valence-corrected chi connectivity index (χ3v) is 13.8. The van der Waals surface area contributed by atoms with Crippen molar-refractivity contribution in [2.45, 2.75) is 151 Å². The number of benzene rings is 10. The van der Waals surface area contributed by atoms with Crippen molar-refractivity contribution >= 4 is 10.8 Å². The second kappa shape index (κ2) is 53.0. The van der Waals surface area contributed by atoms with Crippen molar-refractivity contribution in [1.29, 1.82) is 0 Å². The summed E-state index contributed by atoms with van der Waals surface area (Å²) in [5.41, 5.74) is 17.1. The van der Waals surface area contributed by atoms with Gasteiger partial charge in [0.15, 0.2) is 11.6 Å². The Hall–Kier alpha value is -10.2. The van der Waals surface area contributed by atoms with Crippen LogP contribution in [0.1, 0.15) is 155 Å². The standard InChI is InChI=1S/2C17H13N.C16H13N3.C15H14.C10H8.9C2H6/c1-3-7-14(8-4-1)16-11-17(13-18-12-16)15-9-5-2-6-10-15;1-3-7-14(8-4-1)16-11-12-18-17(13-16)15-9-5-2-6-10-15;1-12-17-15(13-8-4-2-5-9-13)19-16(18-12)14-10-6-3-7-11-14;1-15(2)13-9-5-3-7-11(13)12-8-4-6-10-14(12)15;1-2-6-10-8-4-3-7-9(10)5-1;9*1-2/h2*1-13H;2-11H,1H3;3-10H,1-2H3;1-8H;9*1-2H3. The van der Waals surface area contributed by atoms with E-state index in [4.69, 9.17) is 0 Å². The summed E-state index contributed by atoms with van der Waals surface area (Å²) < 4.78 is 0. The van der Waals surface area contributed by atoms with E-state index in [2.05, 4.69) is 209 Å². The Morgan fingerprint density at radius 3 is 0.857 bits per heavy atom. The number of nitrogens with zero attached hydrogens (tertiary/aromatic N) is 5. The number of pyridine rings is 2. The molecule has 0 radical (unpaired) electrons. The van der Waals surface area contributed by atoms with Crippen molar-refractivity contribution in [3.8, 4) is 78.5 Å². The summed E-state index contributed by atoms with van der Waals surface area (Å²) >= 11 is 0. The van der Waals surface area contributed by atoms with Gasteiger partial charge < -0.3 is 0 Å². The quantitative estimate of drug-likeness (QED) is 0.166. The van der Waals surface area contributed by atoms with Crippen LogP contribution in [-0.2, 0) is 5.41 Å². The van der Waals surface area contributed by atoms with Gasteiger partial charge in [0.25, 0.3) is 0 Å². The summed E-state index contributed by atoms with van der Waals surface area (Å²) in [6.45, 7) is 42.5. The lowest BCUT2D eigenvalue weighted by molar-refractivity contribution is 0.660. The Labute approximate surface area is 594 Å². The lowest BCUT2D eigenvalue weighted by Gasteiger charge is -2.20. The van der Waals surface area contributed by atoms with Gasteiger partial charge in [-0.2, -0.15) is 0 Å². The van der Waals surface area contributed by atoms with Crippen molar-refractivity contribution < 1.29 is 0 Å². The lowest BCUT2D eigenvalue weighted by atomic mass is 9.82. The number of aromatic nitrogens is 5. The van der Waals surface area contributed by atoms with Crippen molar-refractivity contribution in [3.05, 3.63) is 333 Å². The molecule has 0 unspecified atom stereocenters. The second-order valence-electron chi connectivity index (χ2n) is 19.7. The molecule has 5 nitrogen and oxygen atoms in total. The van der Waals surface area contributed by atoms with Crippen LogP contribution < -0.4 is 0 Å². The van der Waals surface area contributed by atoms with E-state index in [1.807, 2.05) is 278 Å². The summed E-state index contributed by atoms with van der Waals surface area (Å²) in [6.07, 6.45) is 5.67. The maximum Gasteiger partial charge on any atom is 0.163 e. The minimum Gasteiger partial charge on any atom is -0.263 e. The van der Waals surface area contributed by atoms with Crippen molar-refractivity contribution in [1.82, 2.24) is 24.9 Å². The largest absolute Gasteiger partial charge is 0.263 e. The van der Waals surface area contributed by atoms with Gasteiger partial charge in [-0.1, -0.05) is 418 Å². The molecule has 0 fully saturated rings. The highest BCUT2D eigenvalue weighted by atomic mass is 15.0. The predicted molar refractivity (Wildman–Crippen MR) is 436 cm³/mol. The van der Waals surface area contributed by atoms with Gasteiger partial charge in [0.2, 0.25) is 0 Å².